The van der Waals surface area contributed by atoms with E-state index in [4.69, 9.17) is 5.73 Å². The standard InChI is InChI=1S/C10H9N5S/c11-8(7-3-1-6-16-7)9-13-14-10-12-4-2-5-15(9)10/h1-6,8H,11H2. The van der Waals surface area contributed by atoms with Crippen LogP contribution in [0.1, 0.15) is 16.7 Å². The summed E-state index contributed by atoms with van der Waals surface area (Å²) in [6.07, 6.45) is 3.55. The Balaban J connectivity index is 2.12. The first kappa shape index (κ1) is 9.44. The van der Waals surface area contributed by atoms with E-state index in [0.717, 1.165) is 4.88 Å². The predicted molar refractivity (Wildman–Crippen MR) is 61.1 cm³/mol. The fourth-order valence-corrected chi connectivity index (χ4v) is 2.29. The number of aromatic nitrogens is 4. The number of nitrogens with zero attached hydrogens (tertiary/aromatic N) is 4. The third-order valence-corrected chi connectivity index (χ3v) is 3.30. The van der Waals surface area contributed by atoms with Crippen LogP contribution in [0.5, 0.6) is 0 Å². The van der Waals surface area contributed by atoms with Gasteiger partial charge in [0.2, 0.25) is 0 Å². The van der Waals surface area contributed by atoms with Crippen molar-refractivity contribution in [2.45, 2.75) is 6.04 Å². The SMILES string of the molecule is NC(c1cccs1)c1nnc2ncccn12. The minimum absolute atomic E-state index is 0.251. The lowest BCUT2D eigenvalue weighted by molar-refractivity contribution is 0.778. The van der Waals surface area contributed by atoms with Crippen molar-refractivity contribution in [2.24, 2.45) is 5.73 Å². The van der Waals surface area contributed by atoms with E-state index in [9.17, 15) is 0 Å². The topological polar surface area (TPSA) is 69.1 Å². The highest BCUT2D eigenvalue weighted by molar-refractivity contribution is 7.10. The molecule has 3 aromatic rings. The quantitative estimate of drug-likeness (QED) is 0.720. The first-order valence-electron chi connectivity index (χ1n) is 4.81. The first-order valence-corrected chi connectivity index (χ1v) is 5.69. The van der Waals surface area contributed by atoms with Crippen molar-refractivity contribution in [3.8, 4) is 0 Å². The molecule has 3 aromatic heterocycles. The van der Waals surface area contributed by atoms with Crippen LogP contribution in [0.15, 0.2) is 36.0 Å². The third-order valence-electron chi connectivity index (χ3n) is 2.34. The van der Waals surface area contributed by atoms with Crippen LogP contribution < -0.4 is 5.73 Å². The van der Waals surface area contributed by atoms with Crippen LogP contribution >= 0.6 is 11.3 Å². The molecule has 0 aliphatic carbocycles. The van der Waals surface area contributed by atoms with Gasteiger partial charge in [0, 0.05) is 17.3 Å². The van der Waals surface area contributed by atoms with Gasteiger partial charge >= 0.3 is 0 Å². The fraction of sp³-hybridized carbons (Fsp3) is 0.100. The molecule has 1 unspecified atom stereocenters. The molecule has 0 saturated heterocycles. The van der Waals surface area contributed by atoms with Gasteiger partial charge in [-0.05, 0) is 17.5 Å². The lowest BCUT2D eigenvalue weighted by atomic mass is 10.2. The Morgan fingerprint density at radius 3 is 3.06 bits per heavy atom. The van der Waals surface area contributed by atoms with E-state index >= 15 is 0 Å². The molecule has 6 heteroatoms. The molecule has 0 bridgehead atoms. The zero-order valence-electron chi connectivity index (χ0n) is 8.32. The Bertz CT molecular complexity index is 600. The normalized spacial score (nSPS) is 13.1. The number of fused-ring (bicyclic) bond motifs is 1. The number of hydrogen-bond donors (Lipinski definition) is 1. The Labute approximate surface area is 95.6 Å². The van der Waals surface area contributed by atoms with Gasteiger partial charge in [-0.25, -0.2) is 4.98 Å². The van der Waals surface area contributed by atoms with Crippen LogP contribution in [0.25, 0.3) is 5.78 Å². The summed E-state index contributed by atoms with van der Waals surface area (Å²) in [6, 6.07) is 5.55. The zero-order valence-corrected chi connectivity index (χ0v) is 9.13. The molecule has 0 fully saturated rings. The molecule has 0 aliphatic rings. The van der Waals surface area contributed by atoms with Gasteiger partial charge < -0.3 is 5.73 Å². The largest absolute Gasteiger partial charge is 0.317 e. The molecular formula is C10H9N5S. The maximum Gasteiger partial charge on any atom is 0.255 e. The molecule has 3 rings (SSSR count). The molecular weight excluding hydrogens is 222 g/mol. The van der Waals surface area contributed by atoms with E-state index in [2.05, 4.69) is 15.2 Å². The van der Waals surface area contributed by atoms with Crippen LogP contribution in [0, 0.1) is 0 Å². The van der Waals surface area contributed by atoms with Gasteiger partial charge in [0.15, 0.2) is 5.82 Å². The van der Waals surface area contributed by atoms with E-state index in [1.807, 2.05) is 34.2 Å². The molecule has 2 N–H and O–H groups in total. The molecule has 0 saturated carbocycles. The van der Waals surface area contributed by atoms with Crippen LogP contribution in [0.2, 0.25) is 0 Å². The van der Waals surface area contributed by atoms with E-state index in [1.54, 1.807) is 17.5 Å². The first-order chi connectivity index (χ1) is 7.86. The summed E-state index contributed by atoms with van der Waals surface area (Å²) < 4.78 is 1.81. The molecule has 3 heterocycles. The zero-order chi connectivity index (χ0) is 11.0. The molecule has 0 aromatic carbocycles. The summed E-state index contributed by atoms with van der Waals surface area (Å²) in [5, 5.41) is 10.1. The Morgan fingerprint density at radius 1 is 1.31 bits per heavy atom. The Kier molecular flexibility index (Phi) is 2.16. The maximum atomic E-state index is 6.13. The summed E-state index contributed by atoms with van der Waals surface area (Å²) in [5.74, 6) is 1.29. The maximum absolute atomic E-state index is 6.13. The predicted octanol–water partition coefficient (Wildman–Crippen LogP) is 1.23. The van der Waals surface area contributed by atoms with Gasteiger partial charge in [0.05, 0.1) is 0 Å². The second kappa shape index (κ2) is 3.66. The van der Waals surface area contributed by atoms with Crippen molar-refractivity contribution >= 4 is 17.1 Å². The van der Waals surface area contributed by atoms with Crippen molar-refractivity contribution in [2.75, 3.05) is 0 Å². The fourth-order valence-electron chi connectivity index (χ4n) is 1.57. The molecule has 0 spiro atoms. The Morgan fingerprint density at radius 2 is 2.25 bits per heavy atom. The lowest BCUT2D eigenvalue weighted by Crippen LogP contribution is -2.14. The smallest absolute Gasteiger partial charge is 0.255 e. The number of nitrogens with two attached hydrogens (primary N) is 1. The van der Waals surface area contributed by atoms with Gasteiger partial charge in [0.25, 0.3) is 5.78 Å². The number of thiophene rings is 1. The highest BCUT2D eigenvalue weighted by Crippen LogP contribution is 2.22. The summed E-state index contributed by atoms with van der Waals surface area (Å²) >= 11 is 1.61. The summed E-state index contributed by atoms with van der Waals surface area (Å²) in [5.41, 5.74) is 6.13. The summed E-state index contributed by atoms with van der Waals surface area (Å²) in [4.78, 5) is 5.17. The van der Waals surface area contributed by atoms with E-state index in [0.29, 0.717) is 11.6 Å². The van der Waals surface area contributed by atoms with E-state index in [-0.39, 0.29) is 6.04 Å². The van der Waals surface area contributed by atoms with Crippen molar-refractivity contribution in [1.82, 2.24) is 19.6 Å². The second-order valence-corrected chi connectivity index (χ2v) is 4.32. The van der Waals surface area contributed by atoms with Crippen LogP contribution in [0.3, 0.4) is 0 Å². The second-order valence-electron chi connectivity index (χ2n) is 3.34. The van der Waals surface area contributed by atoms with Crippen LogP contribution in [-0.2, 0) is 0 Å². The van der Waals surface area contributed by atoms with E-state index < -0.39 is 0 Å². The molecule has 5 nitrogen and oxygen atoms in total. The average Bonchev–Trinajstić information content (AvgIpc) is 2.98. The molecule has 80 valence electrons. The van der Waals surface area contributed by atoms with Crippen molar-refractivity contribution in [1.29, 1.82) is 0 Å². The molecule has 0 amide bonds. The monoisotopic (exact) mass is 231 g/mol. The molecule has 0 radical (unpaired) electrons. The van der Waals surface area contributed by atoms with Crippen molar-refractivity contribution in [3.63, 3.8) is 0 Å². The molecule has 16 heavy (non-hydrogen) atoms. The molecule has 1 atom stereocenters. The minimum Gasteiger partial charge on any atom is -0.317 e. The van der Waals surface area contributed by atoms with Crippen molar-refractivity contribution in [3.05, 3.63) is 46.7 Å². The van der Waals surface area contributed by atoms with Gasteiger partial charge in [-0.1, -0.05) is 6.07 Å². The van der Waals surface area contributed by atoms with Crippen LogP contribution in [0.4, 0.5) is 0 Å². The van der Waals surface area contributed by atoms with Gasteiger partial charge in [-0.15, -0.1) is 21.5 Å². The van der Waals surface area contributed by atoms with Gasteiger partial charge in [0.1, 0.15) is 6.04 Å². The third kappa shape index (κ3) is 1.39. The summed E-state index contributed by atoms with van der Waals surface area (Å²) in [7, 11) is 0. The highest BCUT2D eigenvalue weighted by Gasteiger charge is 2.16. The number of rotatable bonds is 2. The van der Waals surface area contributed by atoms with Gasteiger partial charge in [-0.2, -0.15) is 0 Å². The Hall–Kier alpha value is -1.79. The average molecular weight is 231 g/mol. The van der Waals surface area contributed by atoms with Crippen LogP contribution in [-0.4, -0.2) is 19.6 Å². The highest BCUT2D eigenvalue weighted by atomic mass is 32.1. The lowest BCUT2D eigenvalue weighted by Gasteiger charge is -2.06. The van der Waals surface area contributed by atoms with E-state index in [1.165, 1.54) is 0 Å². The molecule has 0 aliphatic heterocycles. The minimum atomic E-state index is -0.251. The summed E-state index contributed by atoms with van der Waals surface area (Å²) in [6.45, 7) is 0. The number of hydrogen-bond acceptors (Lipinski definition) is 5. The van der Waals surface area contributed by atoms with Crippen molar-refractivity contribution < 1.29 is 0 Å². The van der Waals surface area contributed by atoms with Gasteiger partial charge in [-0.3, -0.25) is 4.40 Å².